The second-order valence-corrected chi connectivity index (χ2v) is 5.92. The third-order valence-corrected chi connectivity index (χ3v) is 3.97. The number of sulfonamides is 1. The molecule has 5 nitrogen and oxygen atoms in total. The molecule has 0 atom stereocenters. The number of hydrogen-bond donors (Lipinski definition) is 1. The van der Waals surface area contributed by atoms with Crippen LogP contribution in [0.2, 0.25) is 0 Å². The number of nitrogens with two attached hydrogens (primary N) is 1. The Balaban J connectivity index is 1.96. The first-order valence-electron chi connectivity index (χ1n) is 6.04. The third-order valence-electron chi connectivity index (χ3n) is 3.02. The van der Waals surface area contributed by atoms with Crippen LogP contribution in [0.25, 0.3) is 0 Å². The van der Waals surface area contributed by atoms with Crippen LogP contribution >= 0.6 is 0 Å². The number of para-hydroxylation sites is 1. The van der Waals surface area contributed by atoms with E-state index in [1.807, 2.05) is 0 Å². The second kappa shape index (κ2) is 5.69. The maximum atomic E-state index is 11.4. The topological polar surface area (TPSA) is 72.6 Å². The average Bonchev–Trinajstić information content (AvgIpc) is 2.81. The molecule has 0 unspecified atom stereocenters. The van der Waals surface area contributed by atoms with Gasteiger partial charge in [-0.05, 0) is 38.1 Å². The number of ether oxygens (including phenoxy) is 1. The molecule has 0 aliphatic carbocycles. The van der Waals surface area contributed by atoms with Crippen molar-refractivity contribution in [2.75, 3.05) is 26.2 Å². The maximum Gasteiger partial charge on any atom is 0.241 e. The normalized spacial score (nSPS) is 16.9. The summed E-state index contributed by atoms with van der Waals surface area (Å²) in [6, 6.07) is 6.46. The highest BCUT2D eigenvalue weighted by Gasteiger charge is 2.15. The molecule has 1 aromatic rings. The van der Waals surface area contributed by atoms with Crippen LogP contribution in [0.4, 0.5) is 0 Å². The predicted octanol–water partition coefficient (Wildman–Crippen LogP) is 0.809. The van der Waals surface area contributed by atoms with Crippen LogP contribution < -0.4 is 9.88 Å². The fraction of sp³-hybridized carbons (Fsp3) is 0.500. The van der Waals surface area contributed by atoms with Gasteiger partial charge in [-0.15, -0.1) is 0 Å². The average molecular weight is 270 g/mol. The predicted molar refractivity (Wildman–Crippen MR) is 69.0 cm³/mol. The van der Waals surface area contributed by atoms with Crippen LogP contribution in [0, 0.1) is 0 Å². The van der Waals surface area contributed by atoms with Crippen LogP contribution in [0.3, 0.4) is 0 Å². The minimum absolute atomic E-state index is 0.0476. The van der Waals surface area contributed by atoms with E-state index in [1.165, 1.54) is 18.9 Å². The first kappa shape index (κ1) is 13.3. The molecule has 1 aromatic carbocycles. The first-order valence-corrected chi connectivity index (χ1v) is 7.59. The lowest BCUT2D eigenvalue weighted by Crippen LogP contribution is -2.25. The van der Waals surface area contributed by atoms with E-state index in [2.05, 4.69) is 4.90 Å². The van der Waals surface area contributed by atoms with Crippen LogP contribution in [0.15, 0.2) is 29.2 Å². The molecule has 0 saturated carbocycles. The van der Waals surface area contributed by atoms with Gasteiger partial charge in [0, 0.05) is 6.54 Å². The van der Waals surface area contributed by atoms with Crippen molar-refractivity contribution < 1.29 is 13.2 Å². The molecule has 1 aliphatic rings. The summed E-state index contributed by atoms with van der Waals surface area (Å²) in [5, 5.41) is 5.13. The standard InChI is InChI=1S/C12H18N2O3S/c13-18(15,16)12-6-2-1-5-11(12)17-10-9-14-7-3-4-8-14/h1-2,5-6H,3-4,7-10H2,(H2,13,15,16). The van der Waals surface area contributed by atoms with Gasteiger partial charge >= 0.3 is 0 Å². The van der Waals surface area contributed by atoms with Crippen LogP contribution in [-0.4, -0.2) is 39.6 Å². The van der Waals surface area contributed by atoms with Gasteiger partial charge in [0.05, 0.1) is 0 Å². The van der Waals surface area contributed by atoms with Crippen LogP contribution in [-0.2, 0) is 10.0 Å². The summed E-state index contributed by atoms with van der Waals surface area (Å²) in [5.74, 6) is 0.333. The van der Waals surface area contributed by atoms with Gasteiger partial charge in [-0.2, -0.15) is 0 Å². The summed E-state index contributed by atoms with van der Waals surface area (Å²) < 4.78 is 28.2. The molecule has 1 fully saturated rings. The Morgan fingerprint density at radius 2 is 1.89 bits per heavy atom. The number of likely N-dealkylation sites (tertiary alicyclic amines) is 1. The molecule has 0 spiro atoms. The molecule has 0 radical (unpaired) electrons. The number of rotatable bonds is 5. The van der Waals surface area contributed by atoms with Gasteiger partial charge in [0.15, 0.2) is 0 Å². The van der Waals surface area contributed by atoms with E-state index in [-0.39, 0.29) is 4.90 Å². The zero-order chi connectivity index (χ0) is 13.0. The summed E-state index contributed by atoms with van der Waals surface area (Å²) in [6.07, 6.45) is 2.46. The Kier molecular flexibility index (Phi) is 4.21. The number of benzene rings is 1. The highest BCUT2D eigenvalue weighted by Crippen LogP contribution is 2.21. The van der Waals surface area contributed by atoms with Gasteiger partial charge in [0.1, 0.15) is 17.3 Å². The Bertz CT molecular complexity index is 496. The summed E-state index contributed by atoms with van der Waals surface area (Å²) >= 11 is 0. The van der Waals surface area contributed by atoms with Gasteiger partial charge in [-0.1, -0.05) is 12.1 Å². The van der Waals surface area contributed by atoms with Crippen molar-refractivity contribution in [2.24, 2.45) is 5.14 Å². The number of primary sulfonamides is 1. The smallest absolute Gasteiger partial charge is 0.241 e. The Hall–Kier alpha value is -1.11. The van der Waals surface area contributed by atoms with E-state index < -0.39 is 10.0 Å². The Labute approximate surface area is 108 Å². The van der Waals surface area contributed by atoms with E-state index in [9.17, 15) is 8.42 Å². The largest absolute Gasteiger partial charge is 0.491 e. The summed E-state index contributed by atoms with van der Waals surface area (Å²) in [7, 11) is -3.72. The molecular weight excluding hydrogens is 252 g/mol. The molecule has 2 N–H and O–H groups in total. The van der Waals surface area contributed by atoms with Crippen molar-refractivity contribution in [3.63, 3.8) is 0 Å². The molecule has 6 heteroatoms. The quantitative estimate of drug-likeness (QED) is 0.859. The fourth-order valence-corrected chi connectivity index (χ4v) is 2.77. The fourth-order valence-electron chi connectivity index (χ4n) is 2.10. The van der Waals surface area contributed by atoms with Crippen molar-refractivity contribution in [1.29, 1.82) is 0 Å². The number of hydrogen-bond acceptors (Lipinski definition) is 4. The molecule has 1 aliphatic heterocycles. The Morgan fingerprint density at radius 1 is 1.22 bits per heavy atom. The van der Waals surface area contributed by atoms with Gasteiger partial charge in [-0.3, -0.25) is 4.90 Å². The highest BCUT2D eigenvalue weighted by molar-refractivity contribution is 7.89. The summed E-state index contributed by atoms with van der Waals surface area (Å²) in [6.45, 7) is 3.49. The van der Waals surface area contributed by atoms with Crippen molar-refractivity contribution in [3.8, 4) is 5.75 Å². The molecule has 0 aromatic heterocycles. The van der Waals surface area contributed by atoms with Gasteiger partial charge < -0.3 is 4.74 Å². The van der Waals surface area contributed by atoms with Crippen molar-refractivity contribution in [2.45, 2.75) is 17.7 Å². The van der Waals surface area contributed by atoms with Gasteiger partial charge in [0.2, 0.25) is 10.0 Å². The molecule has 100 valence electrons. The van der Waals surface area contributed by atoms with E-state index in [1.54, 1.807) is 18.2 Å². The zero-order valence-electron chi connectivity index (χ0n) is 10.2. The Morgan fingerprint density at radius 3 is 2.56 bits per heavy atom. The van der Waals surface area contributed by atoms with Gasteiger partial charge in [0.25, 0.3) is 0 Å². The molecular formula is C12H18N2O3S. The van der Waals surface area contributed by atoms with Crippen molar-refractivity contribution in [1.82, 2.24) is 4.90 Å². The molecule has 18 heavy (non-hydrogen) atoms. The molecule has 0 amide bonds. The molecule has 1 saturated heterocycles. The van der Waals surface area contributed by atoms with E-state index in [4.69, 9.17) is 9.88 Å². The van der Waals surface area contributed by atoms with Crippen LogP contribution in [0.1, 0.15) is 12.8 Å². The van der Waals surface area contributed by atoms with E-state index in [0.29, 0.717) is 12.4 Å². The maximum absolute atomic E-state index is 11.4. The van der Waals surface area contributed by atoms with Crippen LogP contribution in [0.5, 0.6) is 5.75 Å². The molecule has 0 bridgehead atoms. The lowest BCUT2D eigenvalue weighted by Gasteiger charge is -2.15. The van der Waals surface area contributed by atoms with E-state index >= 15 is 0 Å². The summed E-state index contributed by atoms with van der Waals surface area (Å²) in [5.41, 5.74) is 0. The SMILES string of the molecule is NS(=O)(=O)c1ccccc1OCCN1CCCC1. The second-order valence-electron chi connectivity index (χ2n) is 4.39. The first-order chi connectivity index (χ1) is 8.57. The molecule has 1 heterocycles. The summed E-state index contributed by atoms with van der Waals surface area (Å²) in [4.78, 5) is 2.35. The van der Waals surface area contributed by atoms with Gasteiger partial charge in [-0.25, -0.2) is 13.6 Å². The lowest BCUT2D eigenvalue weighted by molar-refractivity contribution is 0.234. The molecule has 2 rings (SSSR count). The minimum atomic E-state index is -3.72. The minimum Gasteiger partial charge on any atom is -0.491 e. The van der Waals surface area contributed by atoms with Crippen molar-refractivity contribution in [3.05, 3.63) is 24.3 Å². The third kappa shape index (κ3) is 3.44. The monoisotopic (exact) mass is 270 g/mol. The number of nitrogens with zero attached hydrogens (tertiary/aromatic N) is 1. The highest BCUT2D eigenvalue weighted by atomic mass is 32.2. The van der Waals surface area contributed by atoms with Crippen molar-refractivity contribution >= 4 is 10.0 Å². The zero-order valence-corrected chi connectivity index (χ0v) is 11.0. The lowest BCUT2D eigenvalue weighted by atomic mass is 10.3. The van der Waals surface area contributed by atoms with E-state index in [0.717, 1.165) is 19.6 Å².